The largest absolute Gasteiger partial charge is 0.341 e. The van der Waals surface area contributed by atoms with Crippen molar-refractivity contribution in [2.45, 2.75) is 27.7 Å². The van der Waals surface area contributed by atoms with Gasteiger partial charge in [0.2, 0.25) is 0 Å². The van der Waals surface area contributed by atoms with Gasteiger partial charge in [-0.2, -0.15) is 0 Å². The molecule has 0 aliphatic rings. The Kier molecular flexibility index (Phi) is 7.17. The van der Waals surface area contributed by atoms with Crippen LogP contribution in [-0.4, -0.2) is 9.55 Å². The maximum absolute atomic E-state index is 5.18. The molecular weight excluding hydrogens is 224 g/mol. The van der Waals surface area contributed by atoms with Gasteiger partial charge in [-0.1, -0.05) is 39.9 Å². The molecule has 84 valence electrons. The zero-order valence-corrected chi connectivity index (χ0v) is 11.6. The van der Waals surface area contributed by atoms with Crippen LogP contribution in [0.3, 0.4) is 0 Å². The second-order valence-corrected chi connectivity index (χ2v) is 3.54. The fourth-order valence-corrected chi connectivity index (χ4v) is 2.01. The number of hydrogen-bond acceptors (Lipinski definition) is 3. The number of hydrogen-bond donors (Lipinski definition) is 0. The normalized spacial score (nSPS) is 8.60. The number of rotatable bonds is 0. The maximum atomic E-state index is 5.18. The van der Waals surface area contributed by atoms with Crippen molar-refractivity contribution in [3.8, 4) is 0 Å². The predicted octanol–water partition coefficient (Wildman–Crippen LogP) is 4.42. The summed E-state index contributed by atoms with van der Waals surface area (Å²) in [5, 5.41) is 0. The average Bonchev–Trinajstić information content (AvgIpc) is 2.78. The van der Waals surface area contributed by atoms with Crippen molar-refractivity contribution in [1.82, 2.24) is 9.55 Å². The molecule has 0 atom stereocenters. The quantitative estimate of drug-likeness (QED) is 0.637. The summed E-state index contributed by atoms with van der Waals surface area (Å²) in [5.74, 6) is 0. The Hall–Kier alpha value is -0.740. The van der Waals surface area contributed by atoms with Gasteiger partial charge in [0.1, 0.15) is 4.64 Å². The molecule has 2 aromatic heterocycles. The van der Waals surface area contributed by atoms with E-state index in [1.54, 1.807) is 11.3 Å². The molecule has 0 spiro atoms. The summed E-state index contributed by atoms with van der Waals surface area (Å²) < 4.78 is 3.89. The first-order valence-electron chi connectivity index (χ1n) is 5.18. The number of pyridine rings is 1. The van der Waals surface area contributed by atoms with E-state index in [1.807, 2.05) is 57.1 Å². The molecule has 0 aliphatic carbocycles. The molecule has 2 rings (SSSR count). The van der Waals surface area contributed by atoms with E-state index in [0.717, 1.165) is 14.9 Å². The Morgan fingerprint density at radius 1 is 1.27 bits per heavy atom. The van der Waals surface area contributed by atoms with Gasteiger partial charge in [-0.3, -0.25) is 0 Å². The topological polar surface area (TPSA) is 17.8 Å². The molecule has 2 aromatic rings. The van der Waals surface area contributed by atoms with Gasteiger partial charge in [0.05, 0.1) is 15.7 Å². The lowest BCUT2D eigenvalue weighted by Gasteiger charge is -1.95. The van der Waals surface area contributed by atoms with Gasteiger partial charge in [0, 0.05) is 13.2 Å². The second-order valence-electron chi connectivity index (χ2n) is 2.30. The Morgan fingerprint density at radius 2 is 1.87 bits per heavy atom. The molecule has 0 bridgehead atoms. The third-order valence-electron chi connectivity index (χ3n) is 1.57. The Morgan fingerprint density at radius 3 is 2.47 bits per heavy atom. The SMILES string of the molecule is CC.CC.Cn1ccc2ncsc2c1=S. The molecule has 0 saturated heterocycles. The average molecular weight is 242 g/mol. The Balaban J connectivity index is 0.000000442. The van der Waals surface area contributed by atoms with Crippen LogP contribution < -0.4 is 0 Å². The number of nitrogens with zero attached hydrogens (tertiary/aromatic N) is 2. The van der Waals surface area contributed by atoms with E-state index in [-0.39, 0.29) is 0 Å². The van der Waals surface area contributed by atoms with Crippen molar-refractivity contribution in [1.29, 1.82) is 0 Å². The van der Waals surface area contributed by atoms with Crippen LogP contribution in [0.2, 0.25) is 0 Å². The van der Waals surface area contributed by atoms with E-state index in [1.165, 1.54) is 0 Å². The number of aromatic nitrogens is 2. The third kappa shape index (κ3) is 3.39. The lowest BCUT2D eigenvalue weighted by Crippen LogP contribution is -1.89. The van der Waals surface area contributed by atoms with Crippen molar-refractivity contribution >= 4 is 33.8 Å². The standard InChI is InChI=1S/C7H6N2S2.2C2H6/c1-9-3-2-5-6(7(9)10)11-4-8-5;2*1-2/h2-4H,1H3;2*1-2H3. The fraction of sp³-hybridized carbons (Fsp3) is 0.455. The van der Waals surface area contributed by atoms with E-state index >= 15 is 0 Å². The maximum Gasteiger partial charge on any atom is 0.125 e. The molecule has 2 nitrogen and oxygen atoms in total. The van der Waals surface area contributed by atoms with Crippen LogP contribution in [-0.2, 0) is 7.05 Å². The van der Waals surface area contributed by atoms with Gasteiger partial charge in [0.25, 0.3) is 0 Å². The highest BCUT2D eigenvalue weighted by molar-refractivity contribution is 7.71. The molecular formula is C11H18N2S2. The first-order chi connectivity index (χ1) is 7.29. The molecule has 0 radical (unpaired) electrons. The first-order valence-corrected chi connectivity index (χ1v) is 6.46. The van der Waals surface area contributed by atoms with Crippen molar-refractivity contribution in [3.05, 3.63) is 22.4 Å². The Bertz CT molecular complexity index is 443. The summed E-state index contributed by atoms with van der Waals surface area (Å²) in [6.45, 7) is 8.00. The minimum absolute atomic E-state index is 0.866. The van der Waals surface area contributed by atoms with E-state index in [4.69, 9.17) is 12.2 Å². The van der Waals surface area contributed by atoms with Crippen LogP contribution in [0.15, 0.2) is 17.8 Å². The first kappa shape index (κ1) is 14.3. The summed E-state index contributed by atoms with van der Waals surface area (Å²) in [4.78, 5) is 4.16. The van der Waals surface area contributed by atoms with Crippen LogP contribution >= 0.6 is 23.6 Å². The molecule has 0 amide bonds. The van der Waals surface area contributed by atoms with Crippen LogP contribution in [0.25, 0.3) is 10.2 Å². The molecule has 0 N–H and O–H groups in total. The third-order valence-corrected chi connectivity index (χ3v) is 3.04. The Labute approximate surface area is 101 Å². The molecule has 4 heteroatoms. The van der Waals surface area contributed by atoms with Gasteiger partial charge in [-0.05, 0) is 6.07 Å². The predicted molar refractivity (Wildman–Crippen MR) is 72.1 cm³/mol. The zero-order valence-electron chi connectivity index (χ0n) is 9.94. The van der Waals surface area contributed by atoms with Crippen molar-refractivity contribution < 1.29 is 0 Å². The van der Waals surface area contributed by atoms with Gasteiger partial charge in [0.15, 0.2) is 0 Å². The lowest BCUT2D eigenvalue weighted by molar-refractivity contribution is 0.900. The molecule has 0 unspecified atom stereocenters. The molecule has 0 aromatic carbocycles. The van der Waals surface area contributed by atoms with Crippen LogP contribution in [0.1, 0.15) is 27.7 Å². The van der Waals surface area contributed by atoms with Gasteiger partial charge in [-0.25, -0.2) is 4.98 Å². The minimum atomic E-state index is 0.866. The van der Waals surface area contributed by atoms with Gasteiger partial charge in [-0.15, -0.1) is 11.3 Å². The molecule has 0 fully saturated rings. The molecule has 0 saturated carbocycles. The molecule has 0 aliphatic heterocycles. The zero-order chi connectivity index (χ0) is 11.8. The van der Waals surface area contributed by atoms with E-state index < -0.39 is 0 Å². The van der Waals surface area contributed by atoms with E-state index in [2.05, 4.69) is 4.98 Å². The highest BCUT2D eigenvalue weighted by atomic mass is 32.1. The van der Waals surface area contributed by atoms with Crippen LogP contribution in [0, 0.1) is 4.64 Å². The highest BCUT2D eigenvalue weighted by Gasteiger charge is 1.97. The van der Waals surface area contributed by atoms with Crippen molar-refractivity contribution in [3.63, 3.8) is 0 Å². The summed E-state index contributed by atoms with van der Waals surface area (Å²) in [7, 11) is 1.95. The number of aryl methyl sites for hydroxylation is 1. The van der Waals surface area contributed by atoms with Crippen molar-refractivity contribution in [2.75, 3.05) is 0 Å². The van der Waals surface area contributed by atoms with E-state index in [0.29, 0.717) is 0 Å². The summed E-state index contributed by atoms with van der Waals surface area (Å²) >= 11 is 6.77. The fourth-order valence-electron chi connectivity index (χ4n) is 0.944. The smallest absolute Gasteiger partial charge is 0.125 e. The molecule has 2 heterocycles. The highest BCUT2D eigenvalue weighted by Crippen LogP contribution is 2.17. The summed E-state index contributed by atoms with van der Waals surface area (Å²) in [6.07, 6.45) is 1.93. The number of thiazole rings is 1. The number of fused-ring (bicyclic) bond motifs is 1. The van der Waals surface area contributed by atoms with Crippen LogP contribution in [0.4, 0.5) is 0 Å². The monoisotopic (exact) mass is 242 g/mol. The van der Waals surface area contributed by atoms with Gasteiger partial charge >= 0.3 is 0 Å². The minimum Gasteiger partial charge on any atom is -0.341 e. The van der Waals surface area contributed by atoms with Gasteiger partial charge < -0.3 is 4.57 Å². The summed E-state index contributed by atoms with van der Waals surface area (Å²) in [6, 6.07) is 1.97. The molecule has 15 heavy (non-hydrogen) atoms. The van der Waals surface area contributed by atoms with E-state index in [9.17, 15) is 0 Å². The lowest BCUT2D eigenvalue weighted by atomic mass is 10.4. The van der Waals surface area contributed by atoms with Crippen LogP contribution in [0.5, 0.6) is 0 Å². The van der Waals surface area contributed by atoms with Crippen molar-refractivity contribution in [2.24, 2.45) is 7.05 Å². The second kappa shape index (κ2) is 7.54. The summed E-state index contributed by atoms with van der Waals surface area (Å²) in [5.41, 5.74) is 2.82.